The maximum Gasteiger partial charge on any atom is 0.323 e. The quantitative estimate of drug-likeness (QED) is 0.557. The Bertz CT molecular complexity index is 890. The predicted molar refractivity (Wildman–Crippen MR) is 88.4 cm³/mol. The van der Waals surface area contributed by atoms with Gasteiger partial charge in [0, 0.05) is 4.47 Å². The van der Waals surface area contributed by atoms with Gasteiger partial charge in [0.15, 0.2) is 0 Å². The van der Waals surface area contributed by atoms with Gasteiger partial charge in [0.1, 0.15) is 5.82 Å². The second-order valence-electron chi connectivity index (χ2n) is 4.50. The summed E-state index contributed by atoms with van der Waals surface area (Å²) in [6, 6.07) is 8.26. The van der Waals surface area contributed by atoms with E-state index < -0.39 is 5.38 Å². The number of rotatable bonds is 2. The molecule has 0 bridgehead atoms. The van der Waals surface area contributed by atoms with Gasteiger partial charge in [0.2, 0.25) is 0 Å². The highest BCUT2D eigenvalue weighted by molar-refractivity contribution is 9.10. The van der Waals surface area contributed by atoms with E-state index >= 15 is 0 Å². The van der Waals surface area contributed by atoms with Crippen LogP contribution in [0.15, 0.2) is 44.1 Å². The normalized spacial score (nSPS) is 12.8. The molecule has 0 aliphatic rings. The molecule has 21 heavy (non-hydrogen) atoms. The Morgan fingerprint density at radius 1 is 1.10 bits per heavy atom. The molecule has 0 spiro atoms. The SMILES string of the molecule is O=c1[nH]c2cc(Br)c(C(Cl)c3cccc(F)c3Br)cc2[nH]1. The van der Waals surface area contributed by atoms with Gasteiger partial charge in [-0.1, -0.05) is 28.1 Å². The highest BCUT2D eigenvalue weighted by atomic mass is 79.9. The molecule has 0 fully saturated rings. The van der Waals surface area contributed by atoms with Gasteiger partial charge in [0.05, 0.1) is 20.9 Å². The second-order valence-corrected chi connectivity index (χ2v) is 6.59. The Morgan fingerprint density at radius 3 is 2.48 bits per heavy atom. The van der Waals surface area contributed by atoms with Crippen molar-refractivity contribution in [2.24, 2.45) is 0 Å². The molecule has 1 atom stereocenters. The molecule has 3 aromatic rings. The topological polar surface area (TPSA) is 48.6 Å². The molecule has 2 aromatic carbocycles. The first-order valence-corrected chi connectivity index (χ1v) is 7.99. The molecule has 7 heteroatoms. The molecule has 0 saturated carbocycles. The van der Waals surface area contributed by atoms with E-state index in [0.717, 1.165) is 10.0 Å². The maximum atomic E-state index is 13.6. The predicted octanol–water partition coefficient (Wildman–Crippen LogP) is 4.85. The van der Waals surface area contributed by atoms with E-state index in [4.69, 9.17) is 11.6 Å². The fraction of sp³-hybridized carbons (Fsp3) is 0.0714. The van der Waals surface area contributed by atoms with Crippen molar-refractivity contribution in [3.05, 3.63) is 66.7 Å². The lowest BCUT2D eigenvalue weighted by atomic mass is 10.0. The molecule has 3 nitrogen and oxygen atoms in total. The number of fused-ring (bicyclic) bond motifs is 1. The van der Waals surface area contributed by atoms with Crippen molar-refractivity contribution < 1.29 is 4.39 Å². The van der Waals surface area contributed by atoms with E-state index in [9.17, 15) is 9.18 Å². The smallest absolute Gasteiger partial charge is 0.306 e. The van der Waals surface area contributed by atoms with Crippen LogP contribution in [0.25, 0.3) is 11.0 Å². The Labute approximate surface area is 140 Å². The number of hydrogen-bond donors (Lipinski definition) is 2. The lowest BCUT2D eigenvalue weighted by molar-refractivity contribution is 0.618. The molecule has 108 valence electrons. The van der Waals surface area contributed by atoms with Crippen molar-refractivity contribution in [3.8, 4) is 0 Å². The van der Waals surface area contributed by atoms with Crippen LogP contribution in [0.1, 0.15) is 16.5 Å². The van der Waals surface area contributed by atoms with Gasteiger partial charge in [0.25, 0.3) is 0 Å². The minimum absolute atomic E-state index is 0.285. The monoisotopic (exact) mass is 432 g/mol. The highest BCUT2D eigenvalue weighted by Gasteiger charge is 2.19. The highest BCUT2D eigenvalue weighted by Crippen LogP contribution is 2.39. The first-order chi connectivity index (χ1) is 9.97. The first-order valence-electron chi connectivity index (χ1n) is 5.97. The summed E-state index contributed by atoms with van der Waals surface area (Å²) in [5.41, 5.74) is 2.40. The molecule has 0 aliphatic carbocycles. The number of benzene rings is 2. The summed E-state index contributed by atoms with van der Waals surface area (Å²) in [6.07, 6.45) is 0. The Balaban J connectivity index is 2.16. The van der Waals surface area contributed by atoms with Crippen LogP contribution in [-0.2, 0) is 0 Å². The number of aromatic nitrogens is 2. The molecule has 0 aliphatic heterocycles. The Hall–Kier alpha value is -1.11. The average molecular weight is 434 g/mol. The maximum absolute atomic E-state index is 13.6. The number of imidazole rings is 1. The van der Waals surface area contributed by atoms with Gasteiger partial charge in [-0.05, 0) is 45.3 Å². The number of alkyl halides is 1. The van der Waals surface area contributed by atoms with E-state index in [0.29, 0.717) is 21.1 Å². The van der Waals surface area contributed by atoms with Gasteiger partial charge in [-0.25, -0.2) is 9.18 Å². The molecule has 0 saturated heterocycles. The number of nitrogens with one attached hydrogen (secondary N) is 2. The molecule has 3 rings (SSSR count). The summed E-state index contributed by atoms with van der Waals surface area (Å²) in [5, 5.41) is -0.563. The summed E-state index contributed by atoms with van der Waals surface area (Å²) in [4.78, 5) is 16.7. The zero-order valence-electron chi connectivity index (χ0n) is 10.4. The largest absolute Gasteiger partial charge is 0.323 e. The zero-order valence-corrected chi connectivity index (χ0v) is 14.3. The number of H-pyrrole nitrogens is 2. The summed E-state index contributed by atoms with van der Waals surface area (Å²) in [6.45, 7) is 0. The van der Waals surface area contributed by atoms with Crippen LogP contribution in [0.3, 0.4) is 0 Å². The van der Waals surface area contributed by atoms with Crippen LogP contribution in [0.5, 0.6) is 0 Å². The molecule has 1 unspecified atom stereocenters. The lowest BCUT2D eigenvalue weighted by Crippen LogP contribution is -1.99. The van der Waals surface area contributed by atoms with Gasteiger partial charge in [-0.3, -0.25) is 0 Å². The molecule has 1 heterocycles. The van der Waals surface area contributed by atoms with Gasteiger partial charge < -0.3 is 9.97 Å². The van der Waals surface area contributed by atoms with E-state index in [-0.39, 0.29) is 11.5 Å². The van der Waals surface area contributed by atoms with Crippen LogP contribution >= 0.6 is 43.5 Å². The van der Waals surface area contributed by atoms with Crippen molar-refractivity contribution >= 4 is 54.5 Å². The fourth-order valence-electron chi connectivity index (χ4n) is 2.15. The van der Waals surface area contributed by atoms with E-state index in [1.165, 1.54) is 6.07 Å². The standard InChI is InChI=1S/C14H8Br2ClFN2O/c15-8-5-11-10(19-14(21)20-11)4-7(8)13(17)6-2-1-3-9(18)12(6)16/h1-5,13H,(H2,19,20,21). The van der Waals surface area contributed by atoms with E-state index in [1.54, 1.807) is 24.3 Å². The molecule has 0 amide bonds. The Morgan fingerprint density at radius 2 is 1.76 bits per heavy atom. The van der Waals surface area contributed by atoms with E-state index in [2.05, 4.69) is 41.8 Å². The average Bonchev–Trinajstić information content (AvgIpc) is 2.79. The first kappa shape index (κ1) is 14.8. The zero-order chi connectivity index (χ0) is 15.1. The molecule has 0 radical (unpaired) electrons. The number of aromatic amines is 2. The molecule has 2 N–H and O–H groups in total. The summed E-state index contributed by atoms with van der Waals surface area (Å²) < 4.78 is 14.7. The van der Waals surface area contributed by atoms with Crippen molar-refractivity contribution in [2.45, 2.75) is 5.38 Å². The van der Waals surface area contributed by atoms with Crippen molar-refractivity contribution in [2.75, 3.05) is 0 Å². The van der Waals surface area contributed by atoms with Gasteiger partial charge in [-0.2, -0.15) is 0 Å². The lowest BCUT2D eigenvalue weighted by Gasteiger charge is -2.14. The van der Waals surface area contributed by atoms with Crippen LogP contribution in [0.4, 0.5) is 4.39 Å². The third kappa shape index (κ3) is 2.67. The van der Waals surface area contributed by atoms with Crippen molar-refractivity contribution in [1.29, 1.82) is 0 Å². The van der Waals surface area contributed by atoms with Crippen LogP contribution < -0.4 is 5.69 Å². The molecular formula is C14H8Br2ClFN2O. The van der Waals surface area contributed by atoms with Crippen molar-refractivity contribution in [1.82, 2.24) is 9.97 Å². The fourth-order valence-corrected chi connectivity index (χ4v) is 3.84. The third-order valence-electron chi connectivity index (χ3n) is 3.16. The minimum Gasteiger partial charge on any atom is -0.306 e. The summed E-state index contributed by atoms with van der Waals surface area (Å²) in [7, 11) is 0. The molecular weight excluding hydrogens is 426 g/mol. The van der Waals surface area contributed by atoms with Crippen LogP contribution in [-0.4, -0.2) is 9.97 Å². The van der Waals surface area contributed by atoms with Gasteiger partial charge in [-0.15, -0.1) is 11.6 Å². The third-order valence-corrected chi connectivity index (χ3v) is 5.15. The second kappa shape index (κ2) is 5.59. The Kier molecular flexibility index (Phi) is 3.94. The summed E-state index contributed by atoms with van der Waals surface area (Å²) in [5.74, 6) is -0.370. The number of halogens is 4. The van der Waals surface area contributed by atoms with Crippen molar-refractivity contribution in [3.63, 3.8) is 0 Å². The number of hydrogen-bond acceptors (Lipinski definition) is 1. The van der Waals surface area contributed by atoms with Gasteiger partial charge >= 0.3 is 5.69 Å². The van der Waals surface area contributed by atoms with Crippen LogP contribution in [0.2, 0.25) is 0 Å². The van der Waals surface area contributed by atoms with Crippen LogP contribution in [0, 0.1) is 5.82 Å². The van der Waals surface area contributed by atoms with E-state index in [1.807, 2.05) is 0 Å². The minimum atomic E-state index is -0.563. The summed E-state index contributed by atoms with van der Waals surface area (Å²) >= 11 is 13.1. The molecule has 1 aromatic heterocycles.